The minimum Gasteiger partial charge on any atom is -0.507 e. The molecule has 0 saturated carbocycles. The Labute approximate surface area is 188 Å². The molecule has 2 aliphatic heterocycles. The quantitative estimate of drug-likeness (QED) is 0.731. The van der Waals surface area contributed by atoms with Crippen LogP contribution in [0.3, 0.4) is 0 Å². The van der Waals surface area contributed by atoms with Gasteiger partial charge in [0, 0.05) is 25.2 Å². The number of rotatable bonds is 2. The lowest BCUT2D eigenvalue weighted by molar-refractivity contribution is -0.113. The van der Waals surface area contributed by atoms with Crippen LogP contribution in [0.2, 0.25) is 0 Å². The number of anilines is 2. The van der Waals surface area contributed by atoms with Gasteiger partial charge in [-0.15, -0.1) is 10.2 Å². The maximum absolute atomic E-state index is 12.7. The maximum atomic E-state index is 12.7. The first-order valence-electron chi connectivity index (χ1n) is 10.9. The van der Waals surface area contributed by atoms with Crippen molar-refractivity contribution < 1.29 is 19.4 Å². The van der Waals surface area contributed by atoms with Crippen LogP contribution in [0.1, 0.15) is 33.6 Å². The number of nitrogen functional groups attached to an aromatic ring is 1. The number of aromatic nitrogens is 2. The van der Waals surface area contributed by atoms with Gasteiger partial charge >= 0.3 is 6.09 Å². The van der Waals surface area contributed by atoms with Gasteiger partial charge in [0.15, 0.2) is 5.82 Å². The molecule has 2 aromatic rings. The van der Waals surface area contributed by atoms with Gasteiger partial charge in [-0.3, -0.25) is 0 Å². The Morgan fingerprint density at radius 3 is 2.75 bits per heavy atom. The molecule has 32 heavy (non-hydrogen) atoms. The van der Waals surface area contributed by atoms with Gasteiger partial charge < -0.3 is 30.1 Å². The first-order valence-corrected chi connectivity index (χ1v) is 10.9. The second-order valence-electron chi connectivity index (χ2n) is 9.48. The van der Waals surface area contributed by atoms with Crippen LogP contribution in [-0.4, -0.2) is 70.3 Å². The van der Waals surface area contributed by atoms with Crippen molar-refractivity contribution in [2.45, 2.75) is 44.8 Å². The second kappa shape index (κ2) is 8.46. The summed E-state index contributed by atoms with van der Waals surface area (Å²) in [4.78, 5) is 16.5. The summed E-state index contributed by atoms with van der Waals surface area (Å²) >= 11 is 0. The fourth-order valence-corrected chi connectivity index (χ4v) is 4.34. The first-order chi connectivity index (χ1) is 15.2. The third kappa shape index (κ3) is 4.72. The summed E-state index contributed by atoms with van der Waals surface area (Å²) in [5.74, 6) is 0.456. The highest BCUT2D eigenvalue weighted by atomic mass is 16.6. The number of carbonyl (C=O) groups excluding carboxylic acids is 1. The highest BCUT2D eigenvalue weighted by Crippen LogP contribution is 2.36. The minimum absolute atomic E-state index is 0.135. The van der Waals surface area contributed by atoms with Crippen molar-refractivity contribution in [3.05, 3.63) is 30.3 Å². The second-order valence-corrected chi connectivity index (χ2v) is 9.48. The maximum Gasteiger partial charge on any atom is 0.410 e. The highest BCUT2D eigenvalue weighted by Gasteiger charge is 2.43. The lowest BCUT2D eigenvalue weighted by Gasteiger charge is -2.48. The average Bonchev–Trinajstić information content (AvgIpc) is 2.73. The molecule has 1 amide bonds. The lowest BCUT2D eigenvalue weighted by Crippen LogP contribution is -2.61. The number of nitrogens with zero attached hydrogens (tertiary/aromatic N) is 4. The molecule has 1 aromatic heterocycles. The Morgan fingerprint density at radius 1 is 1.22 bits per heavy atom. The van der Waals surface area contributed by atoms with E-state index in [1.807, 2.05) is 32.9 Å². The number of ether oxygens (including phenoxy) is 2. The molecule has 2 saturated heterocycles. The van der Waals surface area contributed by atoms with Crippen LogP contribution < -0.4 is 10.6 Å². The van der Waals surface area contributed by atoms with E-state index < -0.39 is 11.2 Å². The molecule has 2 fully saturated rings. The van der Waals surface area contributed by atoms with E-state index in [0.29, 0.717) is 43.3 Å². The molecule has 4 rings (SSSR count). The summed E-state index contributed by atoms with van der Waals surface area (Å²) < 4.78 is 11.8. The molecule has 2 aliphatic rings. The van der Waals surface area contributed by atoms with E-state index in [-0.39, 0.29) is 11.8 Å². The molecule has 172 valence electrons. The van der Waals surface area contributed by atoms with Crippen LogP contribution in [0.4, 0.5) is 16.3 Å². The van der Waals surface area contributed by atoms with Crippen molar-refractivity contribution in [2.75, 3.05) is 43.4 Å². The van der Waals surface area contributed by atoms with Crippen molar-refractivity contribution >= 4 is 17.6 Å². The summed E-state index contributed by atoms with van der Waals surface area (Å²) in [6, 6.07) is 8.86. The molecule has 1 unspecified atom stereocenters. The van der Waals surface area contributed by atoms with Gasteiger partial charge in [-0.1, -0.05) is 12.1 Å². The van der Waals surface area contributed by atoms with Crippen LogP contribution >= 0.6 is 0 Å². The number of phenolic OH excluding ortho intramolecular Hbond substituents is 1. The van der Waals surface area contributed by atoms with Gasteiger partial charge in [0.1, 0.15) is 17.0 Å². The first kappa shape index (κ1) is 22.1. The van der Waals surface area contributed by atoms with E-state index in [4.69, 9.17) is 15.2 Å². The highest BCUT2D eigenvalue weighted by molar-refractivity contribution is 5.74. The standard InChI is InChI=1S/C23H31N5O4/c1-22(2,3)32-21(30)28-11-12-31-23(15-28)9-6-10-27(14-23)18-13-17(25-26-20(18)24)16-7-4-5-8-19(16)29/h4-5,7-8,13,29H,6,9-12,14-15H2,1-3H3,(H2,24,26). The van der Waals surface area contributed by atoms with Crippen molar-refractivity contribution in [3.8, 4) is 17.0 Å². The zero-order valence-corrected chi connectivity index (χ0v) is 18.9. The van der Waals surface area contributed by atoms with E-state index >= 15 is 0 Å². The molecule has 9 heteroatoms. The predicted molar refractivity (Wildman–Crippen MR) is 121 cm³/mol. The summed E-state index contributed by atoms with van der Waals surface area (Å²) in [5, 5.41) is 18.5. The summed E-state index contributed by atoms with van der Waals surface area (Å²) in [7, 11) is 0. The zero-order valence-electron chi connectivity index (χ0n) is 18.9. The predicted octanol–water partition coefficient (Wildman–Crippen LogP) is 3.04. The number of phenols is 1. The molecule has 0 aliphatic carbocycles. The Bertz CT molecular complexity index is 989. The Kier molecular flexibility index (Phi) is 5.85. The van der Waals surface area contributed by atoms with Gasteiger partial charge in [-0.25, -0.2) is 4.79 Å². The molecule has 0 bridgehead atoms. The third-order valence-corrected chi connectivity index (χ3v) is 5.76. The van der Waals surface area contributed by atoms with Crippen LogP contribution in [0.25, 0.3) is 11.3 Å². The fourth-order valence-electron chi connectivity index (χ4n) is 4.34. The molecule has 1 spiro atoms. The fraction of sp³-hybridized carbons (Fsp3) is 0.522. The van der Waals surface area contributed by atoms with Gasteiger partial charge in [0.05, 0.1) is 24.5 Å². The van der Waals surface area contributed by atoms with Crippen molar-refractivity contribution in [1.29, 1.82) is 0 Å². The van der Waals surface area contributed by atoms with Crippen LogP contribution in [0.5, 0.6) is 5.75 Å². The normalized spacial score (nSPS) is 21.6. The molecule has 1 aromatic carbocycles. The number of aromatic hydroxyl groups is 1. The number of piperidine rings is 1. The Balaban J connectivity index is 1.56. The number of hydrogen-bond acceptors (Lipinski definition) is 8. The number of morpholine rings is 1. The van der Waals surface area contributed by atoms with E-state index in [9.17, 15) is 9.90 Å². The molecular weight excluding hydrogens is 410 g/mol. The number of nitrogens with two attached hydrogens (primary N) is 1. The number of benzene rings is 1. The Hall–Kier alpha value is -3.07. The molecule has 1 atom stereocenters. The van der Waals surface area contributed by atoms with Crippen LogP contribution in [0, 0.1) is 0 Å². The lowest BCUT2D eigenvalue weighted by atomic mass is 9.90. The van der Waals surface area contributed by atoms with Crippen LogP contribution in [-0.2, 0) is 9.47 Å². The zero-order chi connectivity index (χ0) is 22.9. The Morgan fingerprint density at radius 2 is 2.00 bits per heavy atom. The van der Waals surface area contributed by atoms with E-state index in [2.05, 4.69) is 15.1 Å². The third-order valence-electron chi connectivity index (χ3n) is 5.76. The summed E-state index contributed by atoms with van der Waals surface area (Å²) in [6.45, 7) is 8.38. The minimum atomic E-state index is -0.544. The summed E-state index contributed by atoms with van der Waals surface area (Å²) in [5.41, 5.74) is 7.04. The smallest absolute Gasteiger partial charge is 0.410 e. The van der Waals surface area contributed by atoms with Gasteiger partial charge in [-0.05, 0) is 51.8 Å². The SMILES string of the molecule is CC(C)(C)OC(=O)N1CCOC2(CCCN(c3cc(-c4ccccc4O)nnc3N)C2)C1. The molecule has 0 radical (unpaired) electrons. The van der Waals surface area contributed by atoms with E-state index in [1.54, 1.807) is 23.1 Å². The molecular formula is C23H31N5O4. The molecule has 3 heterocycles. The largest absolute Gasteiger partial charge is 0.507 e. The number of hydrogen-bond donors (Lipinski definition) is 2. The summed E-state index contributed by atoms with van der Waals surface area (Å²) in [6.07, 6.45) is 1.41. The van der Waals surface area contributed by atoms with Crippen molar-refractivity contribution in [3.63, 3.8) is 0 Å². The van der Waals surface area contributed by atoms with E-state index in [1.165, 1.54) is 0 Å². The van der Waals surface area contributed by atoms with Crippen molar-refractivity contribution in [1.82, 2.24) is 15.1 Å². The van der Waals surface area contributed by atoms with Gasteiger partial charge in [0.25, 0.3) is 0 Å². The molecule has 3 N–H and O–H groups in total. The number of amides is 1. The molecule has 9 nitrogen and oxygen atoms in total. The average molecular weight is 442 g/mol. The van der Waals surface area contributed by atoms with Gasteiger partial charge in [0.2, 0.25) is 0 Å². The topological polar surface area (TPSA) is 114 Å². The number of carbonyl (C=O) groups is 1. The number of para-hydroxylation sites is 1. The van der Waals surface area contributed by atoms with E-state index in [0.717, 1.165) is 25.1 Å². The van der Waals surface area contributed by atoms with Crippen LogP contribution in [0.15, 0.2) is 30.3 Å². The monoisotopic (exact) mass is 441 g/mol. The van der Waals surface area contributed by atoms with Gasteiger partial charge in [-0.2, -0.15) is 0 Å². The van der Waals surface area contributed by atoms with Crippen molar-refractivity contribution in [2.24, 2.45) is 0 Å².